The first-order chi connectivity index (χ1) is 11.7. The van der Waals surface area contributed by atoms with Crippen LogP contribution in [0.2, 0.25) is 0 Å². The summed E-state index contributed by atoms with van der Waals surface area (Å²) in [5.74, 6) is 0.293. The molecule has 1 aliphatic carbocycles. The third kappa shape index (κ3) is 3.05. The summed E-state index contributed by atoms with van der Waals surface area (Å²) in [5, 5.41) is 7.19. The maximum atomic E-state index is 12.2. The third-order valence-corrected chi connectivity index (χ3v) is 4.56. The average molecular weight is 341 g/mol. The Morgan fingerprint density at radius 2 is 2.04 bits per heavy atom. The quantitative estimate of drug-likeness (QED) is 0.760. The summed E-state index contributed by atoms with van der Waals surface area (Å²) in [4.78, 5) is 24.1. The van der Waals surface area contributed by atoms with Crippen LogP contribution in [0.3, 0.4) is 0 Å². The van der Waals surface area contributed by atoms with E-state index in [2.05, 4.69) is 19.2 Å². The van der Waals surface area contributed by atoms with Gasteiger partial charge in [-0.25, -0.2) is 4.68 Å². The van der Waals surface area contributed by atoms with Crippen molar-refractivity contribution < 1.29 is 4.79 Å². The van der Waals surface area contributed by atoms with Crippen molar-refractivity contribution >= 4 is 28.7 Å². The number of hydrogen-bond acceptors (Lipinski definition) is 6. The topological polar surface area (TPSA) is 89.8 Å². The normalized spacial score (nSPS) is 14.0. The predicted octanol–water partition coefficient (Wildman–Crippen LogP) is 1.56. The molecule has 3 aromatic rings. The van der Waals surface area contributed by atoms with Crippen LogP contribution in [-0.2, 0) is 6.54 Å². The molecule has 1 aliphatic rings. The Balaban J connectivity index is 1.40. The van der Waals surface area contributed by atoms with Crippen LogP contribution < -0.4 is 10.9 Å². The van der Waals surface area contributed by atoms with Gasteiger partial charge in [0.25, 0.3) is 11.5 Å². The van der Waals surface area contributed by atoms with E-state index in [1.807, 2.05) is 0 Å². The summed E-state index contributed by atoms with van der Waals surface area (Å²) < 4.78 is 9.66. The molecule has 1 fully saturated rings. The fraction of sp³-hybridized carbons (Fsp3) is 0.312. The molecule has 1 amide bonds. The van der Waals surface area contributed by atoms with E-state index in [-0.39, 0.29) is 11.5 Å². The zero-order valence-corrected chi connectivity index (χ0v) is 13.6. The van der Waals surface area contributed by atoms with E-state index in [1.165, 1.54) is 4.68 Å². The molecule has 2 aromatic heterocycles. The lowest BCUT2D eigenvalue weighted by molar-refractivity contribution is 0.0952. The summed E-state index contributed by atoms with van der Waals surface area (Å²) >= 11 is 1.12. The van der Waals surface area contributed by atoms with Gasteiger partial charge in [0.1, 0.15) is 11.0 Å². The summed E-state index contributed by atoms with van der Waals surface area (Å²) in [7, 11) is 0. The van der Waals surface area contributed by atoms with Gasteiger partial charge in [-0.2, -0.15) is 13.8 Å². The van der Waals surface area contributed by atoms with Crippen LogP contribution >= 0.6 is 11.7 Å². The van der Waals surface area contributed by atoms with E-state index in [1.54, 1.807) is 30.3 Å². The lowest BCUT2D eigenvalue weighted by atomic mass is 10.2. The molecule has 0 radical (unpaired) electrons. The third-order valence-electron chi connectivity index (χ3n) is 4.01. The Kier molecular flexibility index (Phi) is 3.81. The van der Waals surface area contributed by atoms with Crippen LogP contribution in [0.1, 0.15) is 34.8 Å². The number of amides is 1. The molecule has 1 N–H and O–H groups in total. The summed E-state index contributed by atoms with van der Waals surface area (Å²) in [6.45, 7) is 0.693. The second-order valence-corrected chi connectivity index (χ2v) is 6.35. The largest absolute Gasteiger partial charge is 0.350 e. The van der Waals surface area contributed by atoms with Gasteiger partial charge in [-0.05, 0) is 37.1 Å². The molecule has 0 aliphatic heterocycles. The molecule has 0 unspecified atom stereocenters. The first kappa shape index (κ1) is 14.9. The van der Waals surface area contributed by atoms with Gasteiger partial charge >= 0.3 is 0 Å². The minimum absolute atomic E-state index is 0.149. The molecule has 0 spiro atoms. The molecule has 2 heterocycles. The number of rotatable bonds is 5. The lowest BCUT2D eigenvalue weighted by Gasteiger charge is -2.08. The van der Waals surface area contributed by atoms with Gasteiger partial charge in [0.15, 0.2) is 0 Å². The van der Waals surface area contributed by atoms with Gasteiger partial charge < -0.3 is 5.32 Å². The molecule has 1 saturated carbocycles. The lowest BCUT2D eigenvalue weighted by Crippen LogP contribution is -2.32. The summed E-state index contributed by atoms with van der Waals surface area (Å²) in [6.07, 6.45) is 2.27. The van der Waals surface area contributed by atoms with Crippen molar-refractivity contribution in [1.82, 2.24) is 23.8 Å². The maximum Gasteiger partial charge on any atom is 0.266 e. The predicted molar refractivity (Wildman–Crippen MR) is 90.2 cm³/mol. The number of nitrogens with zero attached hydrogens (tertiary/aromatic N) is 4. The molecule has 4 rings (SSSR count). The molecule has 122 valence electrons. The van der Waals surface area contributed by atoms with Crippen molar-refractivity contribution in [2.45, 2.75) is 25.3 Å². The Labute approximate surface area is 141 Å². The highest BCUT2D eigenvalue weighted by molar-refractivity contribution is 7.00. The molecule has 0 bridgehead atoms. The van der Waals surface area contributed by atoms with E-state index in [0.717, 1.165) is 35.8 Å². The summed E-state index contributed by atoms with van der Waals surface area (Å²) in [6, 6.07) is 8.56. The number of fused-ring (bicyclic) bond motifs is 1. The zero-order chi connectivity index (χ0) is 16.5. The second-order valence-electron chi connectivity index (χ2n) is 5.82. The van der Waals surface area contributed by atoms with Crippen LogP contribution in [0.25, 0.3) is 11.0 Å². The number of nitrogens with one attached hydrogen (secondary N) is 1. The van der Waals surface area contributed by atoms with E-state index < -0.39 is 0 Å². The van der Waals surface area contributed by atoms with Gasteiger partial charge in [0.05, 0.1) is 24.0 Å². The Hall–Kier alpha value is -2.61. The molecule has 1 aromatic carbocycles. The van der Waals surface area contributed by atoms with Crippen molar-refractivity contribution in [3.8, 4) is 0 Å². The van der Waals surface area contributed by atoms with Gasteiger partial charge in [-0.3, -0.25) is 9.59 Å². The highest BCUT2D eigenvalue weighted by atomic mass is 32.1. The van der Waals surface area contributed by atoms with Crippen molar-refractivity contribution in [1.29, 1.82) is 0 Å². The van der Waals surface area contributed by atoms with Crippen molar-refractivity contribution in [2.75, 3.05) is 6.54 Å². The van der Waals surface area contributed by atoms with E-state index in [9.17, 15) is 9.59 Å². The molecule has 24 heavy (non-hydrogen) atoms. The van der Waals surface area contributed by atoms with Gasteiger partial charge in [0, 0.05) is 24.1 Å². The zero-order valence-electron chi connectivity index (χ0n) is 12.8. The fourth-order valence-corrected chi connectivity index (χ4v) is 3.04. The van der Waals surface area contributed by atoms with E-state index >= 15 is 0 Å². The number of carbonyl (C=O) groups excluding carboxylic acids is 1. The highest BCUT2D eigenvalue weighted by Crippen LogP contribution is 2.38. The van der Waals surface area contributed by atoms with Crippen molar-refractivity contribution in [3.63, 3.8) is 0 Å². The molecule has 8 heteroatoms. The highest BCUT2D eigenvalue weighted by Gasteiger charge is 2.25. The van der Waals surface area contributed by atoms with Gasteiger partial charge in [-0.15, -0.1) is 0 Å². The molecular weight excluding hydrogens is 326 g/mol. The average Bonchev–Trinajstić information content (AvgIpc) is 3.33. The fourth-order valence-electron chi connectivity index (χ4n) is 2.52. The second kappa shape index (κ2) is 6.12. The Morgan fingerprint density at radius 3 is 2.88 bits per heavy atom. The van der Waals surface area contributed by atoms with Crippen molar-refractivity contribution in [2.24, 2.45) is 0 Å². The minimum atomic E-state index is -0.198. The monoisotopic (exact) mass is 341 g/mol. The SMILES string of the molecule is O=C(NCCn1nc(C2CC2)ccc1=O)c1ccc2nsnc2c1. The van der Waals surface area contributed by atoms with E-state index in [0.29, 0.717) is 30.1 Å². The van der Waals surface area contributed by atoms with Gasteiger partial charge in [-0.1, -0.05) is 0 Å². The standard InChI is InChI=1S/C16H15N5O2S/c22-15-6-5-12(10-1-2-10)18-21(15)8-7-17-16(23)11-3-4-13-14(9-11)20-24-19-13/h3-6,9-10H,1-2,7-8H2,(H,17,23). The number of aromatic nitrogens is 4. The number of hydrogen-bond donors (Lipinski definition) is 1. The molecular formula is C16H15N5O2S. The van der Waals surface area contributed by atoms with E-state index in [4.69, 9.17) is 0 Å². The summed E-state index contributed by atoms with van der Waals surface area (Å²) in [5.41, 5.74) is 2.83. The Morgan fingerprint density at radius 1 is 1.21 bits per heavy atom. The molecule has 0 atom stereocenters. The van der Waals surface area contributed by atoms with Crippen LogP contribution in [-0.4, -0.2) is 31.0 Å². The van der Waals surface area contributed by atoms with Crippen LogP contribution in [0.4, 0.5) is 0 Å². The smallest absolute Gasteiger partial charge is 0.266 e. The number of carbonyl (C=O) groups is 1. The van der Waals surface area contributed by atoms with Crippen LogP contribution in [0.15, 0.2) is 35.1 Å². The first-order valence-corrected chi connectivity index (χ1v) is 8.52. The van der Waals surface area contributed by atoms with Crippen LogP contribution in [0.5, 0.6) is 0 Å². The van der Waals surface area contributed by atoms with Gasteiger partial charge in [0.2, 0.25) is 0 Å². The number of benzene rings is 1. The van der Waals surface area contributed by atoms with Crippen LogP contribution in [0, 0.1) is 0 Å². The minimum Gasteiger partial charge on any atom is -0.350 e. The Bertz CT molecular complexity index is 960. The maximum absolute atomic E-state index is 12.2. The first-order valence-electron chi connectivity index (χ1n) is 7.79. The molecule has 0 saturated heterocycles. The molecule has 7 nitrogen and oxygen atoms in total. The van der Waals surface area contributed by atoms with Crippen molar-refractivity contribution in [3.05, 3.63) is 51.9 Å².